The van der Waals surface area contributed by atoms with Gasteiger partial charge in [-0.05, 0) is 31.2 Å². The quantitative estimate of drug-likeness (QED) is 0.750. The Balaban J connectivity index is 1.82. The number of carbonyl (C=O) groups is 1. The van der Waals surface area contributed by atoms with Crippen LogP contribution in [-0.4, -0.2) is 37.7 Å². The number of fused-ring (bicyclic) bond motifs is 1. The molecule has 0 aliphatic carbocycles. The van der Waals surface area contributed by atoms with Gasteiger partial charge in [-0.25, -0.2) is 4.98 Å². The van der Waals surface area contributed by atoms with Gasteiger partial charge in [0.05, 0.1) is 29.5 Å². The average molecular weight is 310 g/mol. The van der Waals surface area contributed by atoms with Gasteiger partial charge in [0.15, 0.2) is 0 Å². The van der Waals surface area contributed by atoms with E-state index in [9.17, 15) is 9.90 Å². The van der Waals surface area contributed by atoms with Crippen molar-refractivity contribution < 1.29 is 9.90 Å². The van der Waals surface area contributed by atoms with E-state index in [4.69, 9.17) is 0 Å². The second kappa shape index (κ2) is 6.18. The van der Waals surface area contributed by atoms with E-state index in [1.807, 2.05) is 28.8 Å². The van der Waals surface area contributed by atoms with Gasteiger partial charge in [0.1, 0.15) is 5.69 Å². The number of benzene rings is 1. The fraction of sp³-hybridized carbons (Fsp3) is 0.235. The first kappa shape index (κ1) is 15.2. The van der Waals surface area contributed by atoms with Crippen LogP contribution in [0.5, 0.6) is 0 Å². The minimum Gasteiger partial charge on any atom is -0.394 e. The van der Waals surface area contributed by atoms with Crippen LogP contribution in [-0.2, 0) is 6.54 Å². The van der Waals surface area contributed by atoms with Crippen LogP contribution in [0.2, 0.25) is 0 Å². The zero-order valence-electron chi connectivity index (χ0n) is 12.8. The highest BCUT2D eigenvalue weighted by molar-refractivity contribution is 5.92. The number of hydrogen-bond donors (Lipinski definition) is 2. The van der Waals surface area contributed by atoms with Gasteiger partial charge in [0, 0.05) is 12.7 Å². The predicted molar refractivity (Wildman–Crippen MR) is 86.9 cm³/mol. The number of para-hydroxylation sites is 2. The SMILES string of the molecule is CC(CO)(Cn1cnc2ccccc21)NC(=O)c1ccccn1. The van der Waals surface area contributed by atoms with E-state index >= 15 is 0 Å². The molecule has 3 aromatic rings. The fourth-order valence-corrected chi connectivity index (χ4v) is 2.48. The summed E-state index contributed by atoms with van der Waals surface area (Å²) >= 11 is 0. The average Bonchev–Trinajstić information content (AvgIpc) is 2.98. The van der Waals surface area contributed by atoms with Gasteiger partial charge in [-0.3, -0.25) is 9.78 Å². The maximum atomic E-state index is 12.3. The van der Waals surface area contributed by atoms with Crippen LogP contribution in [0.15, 0.2) is 55.0 Å². The number of nitrogens with zero attached hydrogens (tertiary/aromatic N) is 3. The highest BCUT2D eigenvalue weighted by Gasteiger charge is 2.27. The second-order valence-electron chi connectivity index (χ2n) is 5.75. The molecule has 0 fully saturated rings. The minimum atomic E-state index is -0.821. The molecule has 2 heterocycles. The Bertz CT molecular complexity index is 816. The monoisotopic (exact) mass is 310 g/mol. The minimum absolute atomic E-state index is 0.196. The van der Waals surface area contributed by atoms with Crippen LogP contribution in [0.4, 0.5) is 0 Å². The first-order valence-corrected chi connectivity index (χ1v) is 7.36. The molecule has 2 N–H and O–H groups in total. The largest absolute Gasteiger partial charge is 0.394 e. The summed E-state index contributed by atoms with van der Waals surface area (Å²) in [5.74, 6) is -0.313. The second-order valence-corrected chi connectivity index (χ2v) is 5.75. The van der Waals surface area contributed by atoms with Gasteiger partial charge in [0.2, 0.25) is 0 Å². The van der Waals surface area contributed by atoms with Crippen LogP contribution in [0.3, 0.4) is 0 Å². The molecule has 23 heavy (non-hydrogen) atoms. The van der Waals surface area contributed by atoms with Gasteiger partial charge >= 0.3 is 0 Å². The van der Waals surface area contributed by atoms with Crippen molar-refractivity contribution >= 4 is 16.9 Å². The maximum absolute atomic E-state index is 12.3. The third-order valence-corrected chi connectivity index (χ3v) is 3.71. The van der Waals surface area contributed by atoms with Crippen molar-refractivity contribution in [3.63, 3.8) is 0 Å². The lowest BCUT2D eigenvalue weighted by molar-refractivity contribution is 0.0826. The Hall–Kier alpha value is -2.73. The number of aliphatic hydroxyl groups is 1. The van der Waals surface area contributed by atoms with Gasteiger partial charge in [-0.1, -0.05) is 18.2 Å². The molecule has 1 unspecified atom stereocenters. The van der Waals surface area contributed by atoms with Crippen LogP contribution in [0.25, 0.3) is 11.0 Å². The number of amides is 1. The Morgan fingerprint density at radius 1 is 1.22 bits per heavy atom. The summed E-state index contributed by atoms with van der Waals surface area (Å²) in [5.41, 5.74) is 1.34. The molecular formula is C17H18N4O2. The molecule has 3 rings (SSSR count). The van der Waals surface area contributed by atoms with E-state index in [1.165, 1.54) is 0 Å². The van der Waals surface area contributed by atoms with Crippen LogP contribution >= 0.6 is 0 Å². The zero-order valence-corrected chi connectivity index (χ0v) is 12.8. The van der Waals surface area contributed by atoms with E-state index in [-0.39, 0.29) is 12.5 Å². The maximum Gasteiger partial charge on any atom is 0.270 e. The summed E-state index contributed by atoms with van der Waals surface area (Å²) in [6, 6.07) is 12.9. The van der Waals surface area contributed by atoms with E-state index in [0.29, 0.717) is 12.2 Å². The third kappa shape index (κ3) is 3.22. The van der Waals surface area contributed by atoms with E-state index < -0.39 is 5.54 Å². The first-order valence-electron chi connectivity index (χ1n) is 7.36. The molecule has 0 saturated carbocycles. The van der Waals surface area contributed by atoms with Gasteiger partial charge in [0.25, 0.3) is 5.91 Å². The normalized spacial score (nSPS) is 13.7. The molecule has 0 aliphatic heterocycles. The van der Waals surface area contributed by atoms with E-state index in [1.54, 1.807) is 37.6 Å². The first-order chi connectivity index (χ1) is 11.1. The number of aliphatic hydroxyl groups excluding tert-OH is 1. The fourth-order valence-electron chi connectivity index (χ4n) is 2.48. The number of hydrogen-bond acceptors (Lipinski definition) is 4. The lowest BCUT2D eigenvalue weighted by Crippen LogP contribution is -2.52. The molecule has 1 aromatic carbocycles. The van der Waals surface area contributed by atoms with Crippen LogP contribution < -0.4 is 5.32 Å². The summed E-state index contributed by atoms with van der Waals surface area (Å²) in [6.45, 7) is 2.00. The summed E-state index contributed by atoms with van der Waals surface area (Å²) in [4.78, 5) is 20.7. The molecule has 2 aromatic heterocycles. The highest BCUT2D eigenvalue weighted by atomic mass is 16.3. The van der Waals surface area contributed by atoms with Crippen molar-refractivity contribution in [2.45, 2.75) is 19.0 Å². The van der Waals surface area contributed by atoms with Crippen molar-refractivity contribution in [3.05, 3.63) is 60.7 Å². The summed E-state index contributed by atoms with van der Waals surface area (Å²) < 4.78 is 1.92. The van der Waals surface area contributed by atoms with Crippen molar-refractivity contribution in [3.8, 4) is 0 Å². The molecule has 1 atom stereocenters. The predicted octanol–water partition coefficient (Wildman–Crippen LogP) is 1.61. The van der Waals surface area contributed by atoms with Crippen molar-refractivity contribution in [1.82, 2.24) is 19.9 Å². The topological polar surface area (TPSA) is 80.0 Å². The highest BCUT2D eigenvalue weighted by Crippen LogP contribution is 2.16. The molecule has 0 bridgehead atoms. The number of nitrogens with one attached hydrogen (secondary N) is 1. The van der Waals surface area contributed by atoms with E-state index in [2.05, 4.69) is 15.3 Å². The number of imidazole rings is 1. The van der Waals surface area contributed by atoms with Crippen molar-refractivity contribution in [2.24, 2.45) is 0 Å². The molecule has 0 radical (unpaired) electrons. The van der Waals surface area contributed by atoms with Crippen molar-refractivity contribution in [1.29, 1.82) is 0 Å². The van der Waals surface area contributed by atoms with Crippen molar-refractivity contribution in [2.75, 3.05) is 6.61 Å². The number of pyridine rings is 1. The Labute approximate surface area is 133 Å². The molecule has 0 aliphatic rings. The lowest BCUT2D eigenvalue weighted by Gasteiger charge is -2.29. The number of rotatable bonds is 5. The van der Waals surface area contributed by atoms with E-state index in [0.717, 1.165) is 11.0 Å². The van der Waals surface area contributed by atoms with Crippen LogP contribution in [0, 0.1) is 0 Å². The molecule has 6 nitrogen and oxygen atoms in total. The van der Waals surface area contributed by atoms with Gasteiger partial charge in [-0.2, -0.15) is 0 Å². The molecule has 1 amide bonds. The summed E-state index contributed by atoms with van der Waals surface area (Å²) in [7, 11) is 0. The number of carbonyl (C=O) groups excluding carboxylic acids is 1. The molecule has 0 saturated heterocycles. The number of aromatic nitrogens is 3. The van der Waals surface area contributed by atoms with Crippen LogP contribution in [0.1, 0.15) is 17.4 Å². The summed E-state index contributed by atoms with van der Waals surface area (Å²) in [5, 5.41) is 12.6. The van der Waals surface area contributed by atoms with Gasteiger partial charge in [-0.15, -0.1) is 0 Å². The lowest BCUT2D eigenvalue weighted by atomic mass is 10.0. The Morgan fingerprint density at radius 2 is 2.00 bits per heavy atom. The molecule has 6 heteroatoms. The molecule has 118 valence electrons. The zero-order chi connectivity index (χ0) is 16.3. The molecule has 0 spiro atoms. The summed E-state index contributed by atoms with van der Waals surface area (Å²) in [6.07, 6.45) is 3.28. The Morgan fingerprint density at radius 3 is 2.74 bits per heavy atom. The standard InChI is InChI=1S/C17H18N4O2/c1-17(11-22,20-16(23)14-7-4-5-9-18-14)10-21-12-19-13-6-2-3-8-15(13)21/h2-9,12,22H,10-11H2,1H3,(H,20,23). The Kier molecular flexibility index (Phi) is 4.08. The molecular weight excluding hydrogens is 292 g/mol. The third-order valence-electron chi connectivity index (χ3n) is 3.71. The smallest absolute Gasteiger partial charge is 0.270 e. The van der Waals surface area contributed by atoms with Gasteiger partial charge < -0.3 is 15.0 Å².